The van der Waals surface area contributed by atoms with E-state index < -0.39 is 4.92 Å². The summed E-state index contributed by atoms with van der Waals surface area (Å²) in [7, 11) is 0. The van der Waals surface area contributed by atoms with Crippen molar-refractivity contribution in [2.75, 3.05) is 5.32 Å². The second kappa shape index (κ2) is 9.45. The van der Waals surface area contributed by atoms with Crippen molar-refractivity contribution in [3.05, 3.63) is 80.9 Å². The highest BCUT2D eigenvalue weighted by molar-refractivity contribution is 8.00. The lowest BCUT2D eigenvalue weighted by molar-refractivity contribution is -0.385. The van der Waals surface area contributed by atoms with Gasteiger partial charge in [-0.25, -0.2) is 0 Å². The van der Waals surface area contributed by atoms with Gasteiger partial charge in [-0.05, 0) is 17.7 Å². The molecule has 28 heavy (non-hydrogen) atoms. The van der Waals surface area contributed by atoms with Gasteiger partial charge < -0.3 is 0 Å². The van der Waals surface area contributed by atoms with E-state index in [1.165, 1.54) is 41.3 Å². The highest BCUT2D eigenvalue weighted by Crippen LogP contribution is 2.34. The second-order valence-electron chi connectivity index (χ2n) is 5.39. The minimum atomic E-state index is -0.466. The van der Waals surface area contributed by atoms with Gasteiger partial charge in [-0.3, -0.25) is 20.2 Å². The molecule has 142 valence electrons. The predicted octanol–water partition coefficient (Wildman–Crippen LogP) is 5.04. The molecule has 0 saturated carbocycles. The zero-order valence-corrected chi connectivity index (χ0v) is 16.6. The third kappa shape index (κ3) is 5.38. The van der Waals surface area contributed by atoms with Crippen LogP contribution >= 0.6 is 34.7 Å². The maximum atomic E-state index is 12.0. The van der Waals surface area contributed by atoms with Crippen LogP contribution in [0.2, 0.25) is 5.02 Å². The zero-order chi connectivity index (χ0) is 19.9. The molecule has 0 atom stereocenters. The van der Waals surface area contributed by atoms with E-state index in [1.807, 2.05) is 30.3 Å². The van der Waals surface area contributed by atoms with Crippen molar-refractivity contribution >= 4 is 57.5 Å². The average Bonchev–Trinajstić information content (AvgIpc) is 3.13. The standard InChI is InChI=1S/C18H13ClN4O3S2/c19-14-7-4-8-15(23(25)26)13(14)11-27-18-22-21-17(28-18)20-16(24)10-9-12-5-2-1-3-6-12/h1-10H,11H2,(H,20,21,24)/b10-9+. The molecule has 0 aliphatic carbocycles. The number of benzene rings is 2. The van der Waals surface area contributed by atoms with Crippen molar-refractivity contribution in [3.63, 3.8) is 0 Å². The second-order valence-corrected chi connectivity index (χ2v) is 8.00. The van der Waals surface area contributed by atoms with E-state index in [4.69, 9.17) is 11.6 Å². The summed E-state index contributed by atoms with van der Waals surface area (Å²) < 4.78 is 0.566. The summed E-state index contributed by atoms with van der Waals surface area (Å²) in [6, 6.07) is 14.0. The molecule has 0 saturated heterocycles. The number of rotatable bonds is 7. The van der Waals surface area contributed by atoms with E-state index in [0.717, 1.165) is 5.56 Å². The quantitative estimate of drug-likeness (QED) is 0.184. The van der Waals surface area contributed by atoms with Gasteiger partial charge >= 0.3 is 0 Å². The molecule has 1 N–H and O–H groups in total. The van der Waals surface area contributed by atoms with Crippen molar-refractivity contribution in [1.29, 1.82) is 0 Å². The number of amides is 1. The van der Waals surface area contributed by atoms with Crippen molar-refractivity contribution < 1.29 is 9.72 Å². The van der Waals surface area contributed by atoms with Gasteiger partial charge in [-0.1, -0.05) is 71.1 Å². The fourth-order valence-corrected chi connectivity index (χ4v) is 4.31. The summed E-state index contributed by atoms with van der Waals surface area (Å²) in [5, 5.41) is 22.4. The van der Waals surface area contributed by atoms with Crippen molar-refractivity contribution in [3.8, 4) is 0 Å². The van der Waals surface area contributed by atoms with Crippen LogP contribution < -0.4 is 5.32 Å². The number of nitrogens with zero attached hydrogens (tertiary/aromatic N) is 3. The van der Waals surface area contributed by atoms with Crippen molar-refractivity contribution in [2.45, 2.75) is 10.1 Å². The number of carbonyl (C=O) groups excluding carboxylic acids is 1. The number of nitro groups is 1. The number of thioether (sulfide) groups is 1. The molecule has 3 rings (SSSR count). The molecule has 0 aliphatic rings. The molecule has 0 spiro atoms. The Kier molecular flexibility index (Phi) is 6.75. The Bertz CT molecular complexity index is 1020. The van der Waals surface area contributed by atoms with E-state index in [2.05, 4.69) is 15.5 Å². The highest BCUT2D eigenvalue weighted by atomic mass is 35.5. The lowest BCUT2D eigenvalue weighted by Crippen LogP contribution is -2.07. The number of nitrogens with one attached hydrogen (secondary N) is 1. The molecule has 3 aromatic rings. The lowest BCUT2D eigenvalue weighted by Gasteiger charge is -2.03. The molecule has 1 heterocycles. The molecule has 7 nitrogen and oxygen atoms in total. The molecule has 0 bridgehead atoms. The fraction of sp³-hybridized carbons (Fsp3) is 0.0556. The molecule has 0 unspecified atom stereocenters. The van der Waals surface area contributed by atoms with E-state index in [-0.39, 0.29) is 17.3 Å². The Morgan fingerprint density at radius 3 is 2.75 bits per heavy atom. The topological polar surface area (TPSA) is 98.0 Å². The lowest BCUT2D eigenvalue weighted by atomic mass is 10.2. The average molecular weight is 433 g/mol. The molecule has 10 heteroatoms. The molecule has 0 aliphatic heterocycles. The molecule has 0 radical (unpaired) electrons. The van der Waals surface area contributed by atoms with Gasteiger partial charge in [0.1, 0.15) is 0 Å². The van der Waals surface area contributed by atoms with Crippen LogP contribution in [0.25, 0.3) is 6.08 Å². The van der Waals surface area contributed by atoms with Crippen molar-refractivity contribution in [1.82, 2.24) is 10.2 Å². The number of hydrogen-bond acceptors (Lipinski definition) is 7. The number of hydrogen-bond donors (Lipinski definition) is 1. The summed E-state index contributed by atoms with van der Waals surface area (Å²) in [6.45, 7) is 0. The van der Waals surface area contributed by atoms with E-state index in [0.29, 0.717) is 20.1 Å². The van der Waals surface area contributed by atoms with Crippen LogP contribution in [-0.4, -0.2) is 21.0 Å². The SMILES string of the molecule is O=C(/C=C/c1ccccc1)Nc1nnc(SCc2c(Cl)cccc2[N+](=O)[O-])s1. The first kappa shape index (κ1) is 20.0. The minimum Gasteiger partial charge on any atom is -0.297 e. The Balaban J connectivity index is 1.60. The van der Waals surface area contributed by atoms with E-state index in [1.54, 1.807) is 12.1 Å². The number of carbonyl (C=O) groups is 1. The summed E-state index contributed by atoms with van der Waals surface area (Å²) >= 11 is 8.53. The largest absolute Gasteiger partial charge is 0.297 e. The Morgan fingerprint density at radius 1 is 1.21 bits per heavy atom. The van der Waals surface area contributed by atoms with Crippen LogP contribution in [0.4, 0.5) is 10.8 Å². The summed E-state index contributed by atoms with van der Waals surface area (Å²) in [4.78, 5) is 22.6. The van der Waals surface area contributed by atoms with Crippen LogP contribution in [0.5, 0.6) is 0 Å². The monoisotopic (exact) mass is 432 g/mol. The summed E-state index contributed by atoms with van der Waals surface area (Å²) in [6.07, 6.45) is 3.11. The van der Waals surface area contributed by atoms with E-state index >= 15 is 0 Å². The van der Waals surface area contributed by atoms with Gasteiger partial charge in [0.15, 0.2) is 4.34 Å². The maximum absolute atomic E-state index is 12.0. The molecule has 1 aromatic heterocycles. The first-order valence-corrected chi connectivity index (χ1v) is 10.1. The third-order valence-electron chi connectivity index (χ3n) is 3.49. The third-order valence-corrected chi connectivity index (χ3v) is 5.85. The smallest absolute Gasteiger partial charge is 0.274 e. The number of halogens is 1. The number of aromatic nitrogens is 2. The molecular formula is C18H13ClN4O3S2. The van der Waals surface area contributed by atoms with Crippen LogP contribution in [0.1, 0.15) is 11.1 Å². The van der Waals surface area contributed by atoms with Gasteiger partial charge in [-0.15, -0.1) is 10.2 Å². The zero-order valence-electron chi connectivity index (χ0n) is 14.2. The molecule has 1 amide bonds. The molecule has 0 fully saturated rings. The fourth-order valence-electron chi connectivity index (χ4n) is 2.20. The van der Waals surface area contributed by atoms with Crippen molar-refractivity contribution in [2.24, 2.45) is 0 Å². The molecular weight excluding hydrogens is 420 g/mol. The van der Waals surface area contributed by atoms with Gasteiger partial charge in [0.05, 0.1) is 15.5 Å². The highest BCUT2D eigenvalue weighted by Gasteiger charge is 2.17. The van der Waals surface area contributed by atoms with Gasteiger partial charge in [0, 0.05) is 17.9 Å². The maximum Gasteiger partial charge on any atom is 0.274 e. The first-order valence-electron chi connectivity index (χ1n) is 7.95. The van der Waals surface area contributed by atoms with Crippen LogP contribution in [0, 0.1) is 10.1 Å². The van der Waals surface area contributed by atoms with Gasteiger partial charge in [0.25, 0.3) is 5.69 Å². The predicted molar refractivity (Wildman–Crippen MR) is 112 cm³/mol. The normalized spacial score (nSPS) is 10.9. The van der Waals surface area contributed by atoms with E-state index in [9.17, 15) is 14.9 Å². The Labute approximate surface area is 173 Å². The van der Waals surface area contributed by atoms with Gasteiger partial charge in [0.2, 0.25) is 11.0 Å². The Hall–Kier alpha value is -2.75. The summed E-state index contributed by atoms with van der Waals surface area (Å²) in [5.41, 5.74) is 1.29. The number of anilines is 1. The van der Waals surface area contributed by atoms with Crippen LogP contribution in [-0.2, 0) is 10.5 Å². The van der Waals surface area contributed by atoms with Crippen LogP contribution in [0.15, 0.2) is 58.9 Å². The summed E-state index contributed by atoms with van der Waals surface area (Å²) in [5.74, 6) is -0.0507. The Morgan fingerprint density at radius 2 is 2.00 bits per heavy atom. The molecule has 2 aromatic carbocycles. The van der Waals surface area contributed by atoms with Gasteiger partial charge in [-0.2, -0.15) is 0 Å². The minimum absolute atomic E-state index is 0.0379. The van der Waals surface area contributed by atoms with Crippen LogP contribution in [0.3, 0.4) is 0 Å². The number of nitro benzene ring substituents is 1. The first-order chi connectivity index (χ1) is 13.5.